The van der Waals surface area contributed by atoms with Crippen LogP contribution in [0.3, 0.4) is 0 Å². The second-order valence-corrected chi connectivity index (χ2v) is 9.64. The van der Waals surface area contributed by atoms with Crippen LogP contribution >= 0.6 is 11.6 Å². The summed E-state index contributed by atoms with van der Waals surface area (Å²) < 4.78 is 7.42. The Hall–Kier alpha value is -3.25. The largest absolute Gasteiger partial charge is 0.384 e. The van der Waals surface area contributed by atoms with E-state index in [1.54, 1.807) is 7.11 Å². The number of fused-ring (bicyclic) bond motifs is 1. The van der Waals surface area contributed by atoms with Crippen LogP contribution in [-0.4, -0.2) is 42.1 Å². The molecule has 248 valence electrons. The number of hydrogen-bond donors (Lipinski definition) is 1. The number of benzene rings is 1. The molecule has 1 N–H and O–H groups in total. The monoisotopic (exact) mass is 634 g/mol. The number of pyridine rings is 1. The molecule has 6 heteroatoms. The lowest BCUT2D eigenvalue weighted by atomic mass is 9.98. The van der Waals surface area contributed by atoms with E-state index in [-0.39, 0.29) is 0 Å². The Balaban J connectivity index is 0.00000173. The third kappa shape index (κ3) is 13.3. The molecule has 0 atom stereocenters. The zero-order valence-corrected chi connectivity index (χ0v) is 30.6. The highest BCUT2D eigenvalue weighted by Crippen LogP contribution is 2.30. The van der Waals surface area contributed by atoms with Gasteiger partial charge in [0.05, 0.1) is 29.7 Å². The van der Waals surface area contributed by atoms with Gasteiger partial charge in [-0.05, 0) is 94.1 Å². The van der Waals surface area contributed by atoms with Crippen molar-refractivity contribution >= 4 is 28.1 Å². The lowest BCUT2D eigenvalue weighted by Gasteiger charge is -2.14. The topological polar surface area (TPSA) is 52.0 Å². The molecular weight excluding hydrogens is 576 g/mol. The van der Waals surface area contributed by atoms with Gasteiger partial charge in [-0.15, -0.1) is 0 Å². The fourth-order valence-electron chi connectivity index (χ4n) is 4.45. The van der Waals surface area contributed by atoms with Gasteiger partial charge >= 0.3 is 0 Å². The van der Waals surface area contributed by atoms with Gasteiger partial charge in [-0.25, -0.2) is 4.68 Å². The summed E-state index contributed by atoms with van der Waals surface area (Å²) >= 11 is 6.23. The van der Waals surface area contributed by atoms with E-state index in [2.05, 4.69) is 73.6 Å². The number of nitrogens with one attached hydrogen (secondary N) is 1. The Morgan fingerprint density at radius 1 is 1.02 bits per heavy atom. The molecule has 0 spiro atoms. The molecule has 0 aliphatic heterocycles. The molecule has 3 aromatic rings. The van der Waals surface area contributed by atoms with Crippen molar-refractivity contribution < 1.29 is 4.74 Å². The fourth-order valence-corrected chi connectivity index (χ4v) is 4.62. The van der Waals surface area contributed by atoms with Gasteiger partial charge in [0.2, 0.25) is 0 Å². The van der Waals surface area contributed by atoms with Crippen LogP contribution in [0.2, 0.25) is 5.02 Å². The standard InChI is InChI=1S/C30H32ClN3O.C3H9N.3C2H6/c1-4-22(24-10-8-6-7-9-11-24)12-13-23(5-2)30-25(17-19-35-3)21-33-34(30)29-16-18-32-28-20-26(31)14-15-27(28)29;1-3-4-2;3*1-2/h4-6,8,10,12-16,18,20-21H,7,9,11,17,19H2,1-3H3;4H,3H2,1-2H3;3*1-2H3/b13-12-,22-4+,23-5+;;;;. The highest BCUT2D eigenvalue weighted by atomic mass is 35.5. The molecule has 0 bridgehead atoms. The number of nitrogens with zero attached hydrogens (tertiary/aromatic N) is 3. The first kappa shape index (κ1) is 41.8. The van der Waals surface area contributed by atoms with Crippen molar-refractivity contribution in [1.29, 1.82) is 0 Å². The number of rotatable bonds is 9. The average molecular weight is 635 g/mol. The second kappa shape index (κ2) is 26.0. The van der Waals surface area contributed by atoms with Crippen LogP contribution in [0.15, 0.2) is 90.3 Å². The maximum atomic E-state index is 6.23. The van der Waals surface area contributed by atoms with Crippen LogP contribution in [0.25, 0.3) is 22.2 Å². The Morgan fingerprint density at radius 2 is 1.69 bits per heavy atom. The molecule has 1 aliphatic carbocycles. The Morgan fingerprint density at radius 3 is 2.31 bits per heavy atom. The highest BCUT2D eigenvalue weighted by Gasteiger charge is 2.17. The van der Waals surface area contributed by atoms with Gasteiger partial charge in [-0.3, -0.25) is 4.98 Å². The van der Waals surface area contributed by atoms with Gasteiger partial charge in [-0.1, -0.05) is 103 Å². The normalized spacial score (nSPS) is 12.8. The zero-order chi connectivity index (χ0) is 34.0. The molecule has 45 heavy (non-hydrogen) atoms. The molecule has 0 radical (unpaired) electrons. The van der Waals surface area contributed by atoms with E-state index in [0.717, 1.165) is 59.2 Å². The maximum absolute atomic E-state index is 6.23. The predicted molar refractivity (Wildman–Crippen MR) is 201 cm³/mol. The number of halogens is 1. The van der Waals surface area contributed by atoms with E-state index in [0.29, 0.717) is 11.6 Å². The molecule has 5 nitrogen and oxygen atoms in total. The van der Waals surface area contributed by atoms with Crippen molar-refractivity contribution in [3.63, 3.8) is 0 Å². The first-order valence-corrected chi connectivity index (χ1v) is 17.1. The predicted octanol–water partition coefficient (Wildman–Crippen LogP) is 11.1. The summed E-state index contributed by atoms with van der Waals surface area (Å²) in [6.45, 7) is 19.9. The minimum Gasteiger partial charge on any atom is -0.384 e. The molecule has 4 rings (SSSR count). The average Bonchev–Trinajstić information content (AvgIpc) is 3.32. The molecule has 1 aliphatic rings. The van der Waals surface area contributed by atoms with E-state index in [4.69, 9.17) is 21.4 Å². The quantitative estimate of drug-likeness (QED) is 0.238. The van der Waals surface area contributed by atoms with Gasteiger partial charge in [0, 0.05) is 29.3 Å². The first-order valence-electron chi connectivity index (χ1n) is 16.7. The molecule has 0 unspecified atom stereocenters. The van der Waals surface area contributed by atoms with Gasteiger partial charge in [0.1, 0.15) is 0 Å². The maximum Gasteiger partial charge on any atom is 0.0770 e. The van der Waals surface area contributed by atoms with E-state index in [1.807, 2.05) is 89.9 Å². The number of aromatic nitrogens is 3. The molecule has 2 heterocycles. The Bertz CT molecular complexity index is 1380. The zero-order valence-electron chi connectivity index (χ0n) is 29.9. The molecule has 0 fully saturated rings. The van der Waals surface area contributed by atoms with Gasteiger partial charge in [0.15, 0.2) is 0 Å². The molecular formula is C39H59ClN4O. The number of hydrogen-bond acceptors (Lipinski definition) is 4. The van der Waals surface area contributed by atoms with Gasteiger partial charge in [-0.2, -0.15) is 5.10 Å². The van der Waals surface area contributed by atoms with Crippen molar-refractivity contribution in [2.24, 2.45) is 0 Å². The van der Waals surface area contributed by atoms with E-state index in [1.165, 1.54) is 17.6 Å². The Kier molecular flexibility index (Phi) is 24.1. The Labute approximate surface area is 279 Å². The highest BCUT2D eigenvalue weighted by molar-refractivity contribution is 6.31. The second-order valence-electron chi connectivity index (χ2n) is 9.21. The lowest BCUT2D eigenvalue weighted by molar-refractivity contribution is 0.202. The molecule has 0 amide bonds. The summed E-state index contributed by atoms with van der Waals surface area (Å²) in [6, 6.07) is 7.80. The number of ether oxygens (including phenoxy) is 1. The van der Waals surface area contributed by atoms with Crippen LogP contribution in [0, 0.1) is 0 Å². The van der Waals surface area contributed by atoms with Gasteiger partial charge < -0.3 is 10.1 Å². The van der Waals surface area contributed by atoms with Crippen LogP contribution < -0.4 is 5.32 Å². The summed E-state index contributed by atoms with van der Waals surface area (Å²) in [7, 11) is 3.66. The van der Waals surface area contributed by atoms with Crippen LogP contribution in [0.4, 0.5) is 0 Å². The molecule has 0 saturated heterocycles. The summed E-state index contributed by atoms with van der Waals surface area (Å²) in [5.41, 5.74) is 7.76. The minimum absolute atomic E-state index is 0.630. The molecule has 1 aromatic carbocycles. The SMILES string of the molecule is CC.CC.CC.CCNC.C\C=C(/C=C\C(=C/C)c1c(CCOC)cnn1-c1ccnc2cc(Cl)ccc12)C1=CC=CCCC1. The van der Waals surface area contributed by atoms with E-state index < -0.39 is 0 Å². The van der Waals surface area contributed by atoms with Gasteiger partial charge in [0.25, 0.3) is 0 Å². The summed E-state index contributed by atoms with van der Waals surface area (Å²) in [5, 5.41) is 9.42. The minimum atomic E-state index is 0.630. The van der Waals surface area contributed by atoms with Crippen LogP contribution in [-0.2, 0) is 11.2 Å². The number of allylic oxidation sites excluding steroid dienone is 10. The van der Waals surface area contributed by atoms with Crippen LogP contribution in [0.5, 0.6) is 0 Å². The lowest BCUT2D eigenvalue weighted by Crippen LogP contribution is -2.05. The van der Waals surface area contributed by atoms with Crippen molar-refractivity contribution in [3.05, 3.63) is 107 Å². The van der Waals surface area contributed by atoms with E-state index in [9.17, 15) is 0 Å². The smallest absolute Gasteiger partial charge is 0.0770 e. The van der Waals surface area contributed by atoms with Crippen molar-refractivity contribution in [1.82, 2.24) is 20.1 Å². The summed E-state index contributed by atoms with van der Waals surface area (Å²) in [5.74, 6) is 0. The summed E-state index contributed by atoms with van der Waals surface area (Å²) in [6.07, 6.45) is 23.4. The van der Waals surface area contributed by atoms with E-state index >= 15 is 0 Å². The summed E-state index contributed by atoms with van der Waals surface area (Å²) in [4.78, 5) is 4.52. The van der Waals surface area contributed by atoms with Crippen molar-refractivity contribution in [2.75, 3.05) is 27.3 Å². The van der Waals surface area contributed by atoms with Crippen molar-refractivity contribution in [3.8, 4) is 5.69 Å². The third-order valence-electron chi connectivity index (χ3n) is 6.64. The van der Waals surface area contributed by atoms with Crippen molar-refractivity contribution in [2.45, 2.75) is 88.0 Å². The van der Waals surface area contributed by atoms with Crippen LogP contribution in [0.1, 0.15) is 92.8 Å². The third-order valence-corrected chi connectivity index (χ3v) is 6.88. The fraction of sp³-hybridized carbons (Fsp3) is 0.436. The number of methoxy groups -OCH3 is 1. The molecule has 2 aromatic heterocycles. The molecule has 0 saturated carbocycles. The first-order chi connectivity index (χ1) is 22.1.